The van der Waals surface area contributed by atoms with E-state index >= 15 is 8.78 Å². The standard InChI is InChI=1S/C41H44F7N7O5/c1-39(2,41(46,47)48)35(54-38(58)59-3)36(57)53-32(33(56)19-50-18-29-30(42)13-27(14-31(29)43)28(15-49)17-52-37(44)45)12-25-7-4-24(5-8-25)6-9-26-10-11-34(51-16-26)55-20-40(21-55)22-60-23-40/h4-5,7-8,10-11,13-17,32-33,35,37,49-50,52,56H,12,18-23H2,1-3H3,(H,53,57)(H,54,58)/b28-17+,49-15?/t32-,33-,35?/m0/s1. The SMILES string of the molecule is COC(=O)NC(C(=O)N[C@@H](Cc1ccc(C#Cc2ccc(N3CC4(COC4)C3)nc2)cc1)[C@@H](O)CNCc1c(F)cc(/C(C=N)=C/NC(F)F)cc1F)C(C)(C)C(F)(F)F. The number of ether oxygens (including phenoxy) is 2. The van der Waals surface area contributed by atoms with Gasteiger partial charge in [0.05, 0.1) is 43.3 Å². The zero-order valence-electron chi connectivity index (χ0n) is 32.7. The zero-order chi connectivity index (χ0) is 43.8. The van der Waals surface area contributed by atoms with Gasteiger partial charge in [-0.1, -0.05) is 24.0 Å². The van der Waals surface area contributed by atoms with E-state index in [0.29, 0.717) is 36.8 Å². The van der Waals surface area contributed by atoms with Crippen LogP contribution in [-0.2, 0) is 27.2 Å². The molecule has 2 aliphatic rings. The van der Waals surface area contributed by atoms with Crippen molar-refractivity contribution >= 4 is 29.6 Å². The van der Waals surface area contributed by atoms with Gasteiger partial charge in [-0.3, -0.25) is 4.79 Å². The Morgan fingerprint density at radius 2 is 1.67 bits per heavy atom. The van der Waals surface area contributed by atoms with Gasteiger partial charge in [0.25, 0.3) is 0 Å². The number of halogens is 7. The van der Waals surface area contributed by atoms with Gasteiger partial charge in [0.15, 0.2) is 0 Å². The molecule has 3 heterocycles. The highest BCUT2D eigenvalue weighted by molar-refractivity contribution is 6.08. The lowest BCUT2D eigenvalue weighted by Gasteiger charge is -2.55. The van der Waals surface area contributed by atoms with E-state index in [9.17, 15) is 36.6 Å². The molecule has 2 fully saturated rings. The molecular formula is C41H44F7N7O5. The van der Waals surface area contributed by atoms with Gasteiger partial charge in [0.1, 0.15) is 23.5 Å². The number of aliphatic hydroxyl groups is 1. The lowest BCUT2D eigenvalue weighted by Crippen LogP contribution is -2.66. The molecule has 60 heavy (non-hydrogen) atoms. The predicted octanol–water partition coefficient (Wildman–Crippen LogP) is 4.89. The van der Waals surface area contributed by atoms with Crippen LogP contribution < -0.4 is 26.2 Å². The maximum atomic E-state index is 15.0. The summed E-state index contributed by atoms with van der Waals surface area (Å²) in [6.45, 7) is 0.766. The summed E-state index contributed by atoms with van der Waals surface area (Å²) in [7, 11) is 0.908. The van der Waals surface area contributed by atoms with Crippen LogP contribution in [0.2, 0.25) is 0 Å². The third kappa shape index (κ3) is 11.1. The number of nitrogens with one attached hydrogen (secondary N) is 5. The minimum absolute atomic E-state index is 0.155. The quantitative estimate of drug-likeness (QED) is 0.0511. The summed E-state index contributed by atoms with van der Waals surface area (Å²) in [4.78, 5) is 32.3. The van der Waals surface area contributed by atoms with Crippen molar-refractivity contribution in [2.45, 2.75) is 57.7 Å². The van der Waals surface area contributed by atoms with Gasteiger partial charge in [0, 0.05) is 67.1 Å². The molecule has 3 aromatic rings. The first kappa shape index (κ1) is 45.4. The second kappa shape index (κ2) is 19.1. The molecule has 0 saturated carbocycles. The Morgan fingerprint density at radius 3 is 2.20 bits per heavy atom. The second-order valence-corrected chi connectivity index (χ2v) is 15.1. The summed E-state index contributed by atoms with van der Waals surface area (Å²) in [6, 6.07) is 8.48. The van der Waals surface area contributed by atoms with Gasteiger partial charge in [-0.15, -0.1) is 0 Å². The number of amides is 2. The predicted molar refractivity (Wildman–Crippen MR) is 207 cm³/mol. The number of alkyl halides is 5. The number of hydrogen-bond donors (Lipinski definition) is 6. The first-order valence-electron chi connectivity index (χ1n) is 18.6. The third-order valence-corrected chi connectivity index (χ3v) is 10.3. The number of aromatic nitrogens is 1. The number of alkyl carbamates (subject to hydrolysis) is 1. The molecule has 2 amide bonds. The number of benzene rings is 2. The number of hydrogen-bond acceptors (Lipinski definition) is 10. The van der Waals surface area contributed by atoms with Crippen LogP contribution in [0.15, 0.2) is 60.9 Å². The second-order valence-electron chi connectivity index (χ2n) is 15.1. The number of aliphatic hydroxyl groups excluding tert-OH is 1. The van der Waals surface area contributed by atoms with Crippen LogP contribution in [-0.4, -0.2) is 99.2 Å². The number of allylic oxidation sites excluding steroid dienone is 1. The molecule has 2 aliphatic heterocycles. The molecular weight excluding hydrogens is 803 g/mol. The molecule has 322 valence electrons. The molecule has 1 aromatic heterocycles. The van der Waals surface area contributed by atoms with Crippen molar-refractivity contribution in [1.82, 2.24) is 26.3 Å². The Balaban J connectivity index is 1.30. The van der Waals surface area contributed by atoms with E-state index in [1.54, 1.807) is 35.8 Å². The van der Waals surface area contributed by atoms with Crippen molar-refractivity contribution in [2.75, 3.05) is 44.9 Å². The highest BCUT2D eigenvalue weighted by Gasteiger charge is 2.56. The Morgan fingerprint density at radius 1 is 1.03 bits per heavy atom. The van der Waals surface area contributed by atoms with E-state index in [4.69, 9.17) is 10.1 Å². The molecule has 2 saturated heterocycles. The fourth-order valence-electron chi connectivity index (χ4n) is 6.52. The fourth-order valence-corrected chi connectivity index (χ4v) is 6.52. The lowest BCUT2D eigenvalue weighted by atomic mass is 9.78. The Bertz CT molecular complexity index is 2070. The van der Waals surface area contributed by atoms with Crippen molar-refractivity contribution in [2.24, 2.45) is 10.8 Å². The van der Waals surface area contributed by atoms with Crippen LogP contribution in [0.3, 0.4) is 0 Å². The van der Waals surface area contributed by atoms with Crippen LogP contribution >= 0.6 is 0 Å². The summed E-state index contributed by atoms with van der Waals surface area (Å²) in [6.07, 6.45) is -5.02. The van der Waals surface area contributed by atoms with Gasteiger partial charge in [-0.2, -0.15) is 22.0 Å². The molecule has 1 unspecified atom stereocenters. The van der Waals surface area contributed by atoms with E-state index in [2.05, 4.69) is 37.1 Å². The number of anilines is 1. The van der Waals surface area contributed by atoms with E-state index < -0.39 is 78.6 Å². The largest absolute Gasteiger partial charge is 0.453 e. The van der Waals surface area contributed by atoms with Crippen LogP contribution in [0.4, 0.5) is 41.3 Å². The maximum absolute atomic E-state index is 15.0. The van der Waals surface area contributed by atoms with E-state index in [1.807, 2.05) is 17.4 Å². The summed E-state index contributed by atoms with van der Waals surface area (Å²) < 4.78 is 107. The molecule has 6 N–H and O–H groups in total. The van der Waals surface area contributed by atoms with Crippen LogP contribution in [0.5, 0.6) is 0 Å². The molecule has 2 aromatic carbocycles. The number of carbonyl (C=O) groups excluding carboxylic acids is 2. The van der Waals surface area contributed by atoms with Gasteiger partial charge in [-0.05, 0) is 67.8 Å². The van der Waals surface area contributed by atoms with Crippen LogP contribution in [0, 0.1) is 39.7 Å². The summed E-state index contributed by atoms with van der Waals surface area (Å²) in [5.74, 6) is 3.41. The lowest BCUT2D eigenvalue weighted by molar-refractivity contribution is -0.220. The number of carbonyl (C=O) groups is 2. The fraction of sp³-hybridized carbons (Fsp3) is 0.415. The maximum Gasteiger partial charge on any atom is 0.407 e. The Labute approximate surface area is 341 Å². The van der Waals surface area contributed by atoms with Crippen molar-refractivity contribution in [3.05, 3.63) is 100 Å². The Kier molecular flexibility index (Phi) is 14.5. The van der Waals surface area contributed by atoms with Gasteiger partial charge < -0.3 is 46.2 Å². The Hall–Kier alpha value is -5.71. The van der Waals surface area contributed by atoms with Crippen LogP contribution in [0.1, 0.15) is 41.7 Å². The highest BCUT2D eigenvalue weighted by Crippen LogP contribution is 2.41. The minimum atomic E-state index is -4.98. The van der Waals surface area contributed by atoms with Gasteiger partial charge in [0.2, 0.25) is 5.91 Å². The molecule has 0 radical (unpaired) electrons. The molecule has 19 heteroatoms. The van der Waals surface area contributed by atoms with E-state index in [1.165, 1.54) is 0 Å². The average Bonchev–Trinajstić information content (AvgIpc) is 3.16. The summed E-state index contributed by atoms with van der Waals surface area (Å²) >= 11 is 0. The van der Waals surface area contributed by atoms with Crippen molar-refractivity contribution in [1.29, 1.82) is 5.41 Å². The minimum Gasteiger partial charge on any atom is -0.453 e. The van der Waals surface area contributed by atoms with Crippen molar-refractivity contribution in [3.63, 3.8) is 0 Å². The van der Waals surface area contributed by atoms with Gasteiger partial charge in [-0.25, -0.2) is 18.6 Å². The highest BCUT2D eigenvalue weighted by atomic mass is 19.4. The molecule has 5 rings (SSSR count). The smallest absolute Gasteiger partial charge is 0.407 e. The molecule has 1 spiro atoms. The first-order valence-corrected chi connectivity index (χ1v) is 18.6. The van der Waals surface area contributed by atoms with E-state index in [0.717, 1.165) is 57.6 Å². The topological polar surface area (TPSA) is 161 Å². The third-order valence-electron chi connectivity index (χ3n) is 10.3. The number of methoxy groups -OCH3 is 1. The zero-order valence-corrected chi connectivity index (χ0v) is 32.7. The van der Waals surface area contributed by atoms with Crippen molar-refractivity contribution in [3.8, 4) is 11.8 Å². The normalized spacial score (nSPS) is 16.4. The number of pyridine rings is 1. The molecule has 0 bridgehead atoms. The number of rotatable bonds is 16. The molecule has 0 aliphatic carbocycles. The average molecular weight is 848 g/mol. The van der Waals surface area contributed by atoms with Crippen LogP contribution in [0.25, 0.3) is 5.57 Å². The number of nitrogens with zero attached hydrogens (tertiary/aromatic N) is 2. The van der Waals surface area contributed by atoms with Crippen molar-refractivity contribution < 1.29 is 54.9 Å². The van der Waals surface area contributed by atoms with E-state index in [-0.39, 0.29) is 23.0 Å². The summed E-state index contributed by atoms with van der Waals surface area (Å²) in [5, 5.41) is 27.4. The monoisotopic (exact) mass is 847 g/mol. The molecule has 3 atom stereocenters. The van der Waals surface area contributed by atoms with Gasteiger partial charge >= 0.3 is 18.8 Å². The molecule has 12 nitrogen and oxygen atoms in total. The summed E-state index contributed by atoms with van der Waals surface area (Å²) in [5.41, 5.74) is -1.75. The first-order chi connectivity index (χ1) is 28.3.